The smallest absolute Gasteiger partial charge is 0.258 e. The summed E-state index contributed by atoms with van der Waals surface area (Å²) in [5, 5.41) is 7.71. The molecule has 0 bridgehead atoms. The van der Waals surface area contributed by atoms with Crippen molar-refractivity contribution in [2.24, 2.45) is 5.14 Å². The van der Waals surface area contributed by atoms with Crippen molar-refractivity contribution >= 4 is 15.9 Å². The van der Waals surface area contributed by atoms with Crippen LogP contribution in [0.15, 0.2) is 29.7 Å². The number of carbonyl (C=O) groups is 1. The van der Waals surface area contributed by atoms with Gasteiger partial charge in [0.25, 0.3) is 5.91 Å². The minimum Gasteiger partial charge on any atom is -0.484 e. The molecule has 110 valence electrons. The Bertz CT molecular complexity index is 600. The van der Waals surface area contributed by atoms with Gasteiger partial charge in [-0.25, -0.2) is 13.6 Å². The Labute approximate surface area is 118 Å². The second-order valence-corrected chi connectivity index (χ2v) is 5.81. The molecule has 0 unspecified atom stereocenters. The fourth-order valence-corrected chi connectivity index (χ4v) is 2.84. The van der Waals surface area contributed by atoms with Crippen molar-refractivity contribution in [3.05, 3.63) is 35.9 Å². The first-order valence-electron chi connectivity index (χ1n) is 5.90. The molecule has 0 saturated heterocycles. The summed E-state index contributed by atoms with van der Waals surface area (Å²) in [6.07, 6.45) is 1.56. The van der Waals surface area contributed by atoms with Crippen LogP contribution in [0.3, 0.4) is 0 Å². The van der Waals surface area contributed by atoms with Crippen LogP contribution in [0.1, 0.15) is 11.1 Å². The highest BCUT2D eigenvalue weighted by Crippen LogP contribution is 2.24. The predicted molar refractivity (Wildman–Crippen MR) is 76.0 cm³/mol. The Morgan fingerprint density at radius 2 is 1.95 bits per heavy atom. The SMILES string of the molecule is C=CCNC(=O)COc1cc(C)c(S(N)(=O)=O)c(C)c1. The fraction of sp³-hybridized carbons (Fsp3) is 0.308. The average Bonchev–Trinajstić information content (AvgIpc) is 2.31. The van der Waals surface area contributed by atoms with Crippen molar-refractivity contribution in [1.29, 1.82) is 0 Å². The maximum atomic E-state index is 11.4. The number of amides is 1. The van der Waals surface area contributed by atoms with Gasteiger partial charge >= 0.3 is 0 Å². The zero-order chi connectivity index (χ0) is 15.3. The standard InChI is InChI=1S/C13H18N2O4S/c1-4-5-15-12(16)8-19-11-6-9(2)13(10(3)7-11)20(14,17)18/h4,6-7H,1,5,8H2,2-3H3,(H,15,16)(H2,14,17,18). The van der Waals surface area contributed by atoms with Crippen molar-refractivity contribution < 1.29 is 17.9 Å². The number of nitrogens with two attached hydrogens (primary N) is 1. The molecule has 1 aromatic carbocycles. The van der Waals surface area contributed by atoms with E-state index in [4.69, 9.17) is 9.88 Å². The number of hydrogen-bond acceptors (Lipinski definition) is 4. The van der Waals surface area contributed by atoms with Crippen LogP contribution in [0.5, 0.6) is 5.75 Å². The quantitative estimate of drug-likeness (QED) is 0.753. The van der Waals surface area contributed by atoms with Crippen LogP contribution >= 0.6 is 0 Å². The van der Waals surface area contributed by atoms with Crippen LogP contribution in [0, 0.1) is 13.8 Å². The van der Waals surface area contributed by atoms with Crippen molar-refractivity contribution in [2.75, 3.05) is 13.2 Å². The molecule has 20 heavy (non-hydrogen) atoms. The summed E-state index contributed by atoms with van der Waals surface area (Å²) in [7, 11) is -3.77. The van der Waals surface area contributed by atoms with Gasteiger partial charge in [-0.15, -0.1) is 6.58 Å². The Kier molecular flexibility index (Phi) is 5.29. The molecule has 0 saturated carbocycles. The molecule has 0 atom stereocenters. The van der Waals surface area contributed by atoms with E-state index in [1.165, 1.54) is 12.1 Å². The third-order valence-corrected chi connectivity index (χ3v) is 3.74. The number of benzene rings is 1. The molecule has 3 N–H and O–H groups in total. The van der Waals surface area contributed by atoms with Gasteiger partial charge in [-0.1, -0.05) is 6.08 Å². The molecule has 0 aromatic heterocycles. The number of rotatable bonds is 6. The summed E-state index contributed by atoms with van der Waals surface area (Å²) < 4.78 is 28.2. The van der Waals surface area contributed by atoms with Gasteiger partial charge in [0, 0.05) is 6.54 Å². The number of primary sulfonamides is 1. The number of aryl methyl sites for hydroxylation is 2. The lowest BCUT2D eigenvalue weighted by Crippen LogP contribution is -2.28. The molecular formula is C13H18N2O4S. The molecule has 0 fully saturated rings. The molecule has 0 spiro atoms. The number of ether oxygens (including phenoxy) is 1. The van der Waals surface area contributed by atoms with E-state index in [0.717, 1.165) is 0 Å². The molecule has 0 aliphatic carbocycles. The lowest BCUT2D eigenvalue weighted by molar-refractivity contribution is -0.122. The van der Waals surface area contributed by atoms with Crippen molar-refractivity contribution in [2.45, 2.75) is 18.7 Å². The first kappa shape index (κ1) is 16.2. The van der Waals surface area contributed by atoms with Crippen LogP contribution in [0.2, 0.25) is 0 Å². The number of sulfonamides is 1. The maximum absolute atomic E-state index is 11.4. The van der Waals surface area contributed by atoms with Gasteiger partial charge in [0.2, 0.25) is 10.0 Å². The van der Waals surface area contributed by atoms with Crippen LogP contribution < -0.4 is 15.2 Å². The molecule has 1 amide bonds. The molecule has 1 aromatic rings. The monoisotopic (exact) mass is 298 g/mol. The van der Waals surface area contributed by atoms with Gasteiger partial charge in [-0.05, 0) is 37.1 Å². The summed E-state index contributed by atoms with van der Waals surface area (Å²) in [5.41, 5.74) is 0.961. The fourth-order valence-electron chi connectivity index (χ4n) is 1.83. The summed E-state index contributed by atoms with van der Waals surface area (Å²) in [6.45, 7) is 6.94. The van der Waals surface area contributed by atoms with Crippen LogP contribution in [0.25, 0.3) is 0 Å². The minimum atomic E-state index is -3.77. The van der Waals surface area contributed by atoms with E-state index in [-0.39, 0.29) is 17.4 Å². The van der Waals surface area contributed by atoms with E-state index in [2.05, 4.69) is 11.9 Å². The first-order chi connectivity index (χ1) is 9.25. The third kappa shape index (κ3) is 4.36. The molecule has 0 aliphatic heterocycles. The zero-order valence-corrected chi connectivity index (χ0v) is 12.3. The Hall–Kier alpha value is -1.86. The van der Waals surface area contributed by atoms with E-state index in [9.17, 15) is 13.2 Å². The highest BCUT2D eigenvalue weighted by Gasteiger charge is 2.16. The van der Waals surface area contributed by atoms with Crippen LogP contribution in [0.4, 0.5) is 0 Å². The van der Waals surface area contributed by atoms with E-state index < -0.39 is 10.0 Å². The molecule has 1 rings (SSSR count). The lowest BCUT2D eigenvalue weighted by atomic mass is 10.1. The molecule has 0 heterocycles. The van der Waals surface area contributed by atoms with Crippen molar-refractivity contribution in [1.82, 2.24) is 5.32 Å². The molecule has 0 aliphatic rings. The zero-order valence-electron chi connectivity index (χ0n) is 11.5. The minimum absolute atomic E-state index is 0.0842. The van der Waals surface area contributed by atoms with E-state index in [1.54, 1.807) is 19.9 Å². The summed E-state index contributed by atoms with van der Waals surface area (Å²) >= 11 is 0. The highest BCUT2D eigenvalue weighted by atomic mass is 32.2. The number of nitrogens with one attached hydrogen (secondary N) is 1. The van der Waals surface area contributed by atoms with E-state index in [0.29, 0.717) is 23.4 Å². The summed E-state index contributed by atoms with van der Waals surface area (Å²) in [6, 6.07) is 3.07. The van der Waals surface area contributed by atoms with Gasteiger partial charge in [0.15, 0.2) is 6.61 Å². The molecular weight excluding hydrogens is 280 g/mol. The van der Waals surface area contributed by atoms with E-state index in [1.807, 2.05) is 0 Å². The van der Waals surface area contributed by atoms with Crippen molar-refractivity contribution in [3.63, 3.8) is 0 Å². The topological polar surface area (TPSA) is 98.5 Å². The Morgan fingerprint density at radius 1 is 1.40 bits per heavy atom. The third-order valence-electron chi connectivity index (χ3n) is 2.53. The lowest BCUT2D eigenvalue weighted by Gasteiger charge is -2.12. The molecule has 6 nitrogen and oxygen atoms in total. The Morgan fingerprint density at radius 3 is 2.40 bits per heavy atom. The highest BCUT2D eigenvalue weighted by molar-refractivity contribution is 7.89. The summed E-state index contributed by atoms with van der Waals surface area (Å²) in [4.78, 5) is 11.5. The van der Waals surface area contributed by atoms with Gasteiger partial charge in [-0.3, -0.25) is 4.79 Å². The van der Waals surface area contributed by atoms with Gasteiger partial charge in [0.1, 0.15) is 5.75 Å². The van der Waals surface area contributed by atoms with Gasteiger partial charge in [-0.2, -0.15) is 0 Å². The first-order valence-corrected chi connectivity index (χ1v) is 7.44. The predicted octanol–water partition coefficient (Wildman–Crippen LogP) is 0.632. The van der Waals surface area contributed by atoms with Crippen LogP contribution in [-0.4, -0.2) is 27.5 Å². The second-order valence-electron chi connectivity index (χ2n) is 4.31. The molecule has 7 heteroatoms. The number of hydrogen-bond donors (Lipinski definition) is 2. The van der Waals surface area contributed by atoms with E-state index >= 15 is 0 Å². The van der Waals surface area contributed by atoms with Crippen molar-refractivity contribution in [3.8, 4) is 5.75 Å². The summed E-state index contributed by atoms with van der Waals surface area (Å²) in [5.74, 6) is 0.136. The maximum Gasteiger partial charge on any atom is 0.258 e. The van der Waals surface area contributed by atoms with Crippen LogP contribution in [-0.2, 0) is 14.8 Å². The van der Waals surface area contributed by atoms with Gasteiger partial charge < -0.3 is 10.1 Å². The Balaban J connectivity index is 2.85. The second kappa shape index (κ2) is 6.53. The average molecular weight is 298 g/mol. The number of carbonyl (C=O) groups excluding carboxylic acids is 1. The molecule has 0 radical (unpaired) electrons. The normalized spacial score (nSPS) is 10.9. The largest absolute Gasteiger partial charge is 0.484 e. The van der Waals surface area contributed by atoms with Gasteiger partial charge in [0.05, 0.1) is 4.90 Å².